The second-order valence-electron chi connectivity index (χ2n) is 3.68. The molecule has 2 aromatic rings. The lowest BCUT2D eigenvalue weighted by atomic mass is 10.2. The Morgan fingerprint density at radius 1 is 1.11 bits per heavy atom. The zero-order valence-electron chi connectivity index (χ0n) is 9.49. The molecule has 0 atom stereocenters. The third-order valence-corrected chi connectivity index (χ3v) is 3.16. The fraction of sp³-hybridized carbons (Fsp3) is 0. The van der Waals surface area contributed by atoms with E-state index in [0.717, 1.165) is 0 Å². The van der Waals surface area contributed by atoms with E-state index in [1.165, 1.54) is 18.2 Å². The van der Waals surface area contributed by atoms with Crippen LogP contribution in [0.1, 0.15) is 5.56 Å². The number of ether oxygens (including phenoxy) is 1. The van der Waals surface area contributed by atoms with E-state index in [9.17, 15) is 4.39 Å². The van der Waals surface area contributed by atoms with Gasteiger partial charge in [-0.1, -0.05) is 35.4 Å². The van der Waals surface area contributed by atoms with Gasteiger partial charge in [0.15, 0.2) is 0 Å². The Bertz CT molecular complexity index is 649. The van der Waals surface area contributed by atoms with Gasteiger partial charge < -0.3 is 10.5 Å². The van der Waals surface area contributed by atoms with Gasteiger partial charge in [0.2, 0.25) is 0 Å². The maximum Gasteiger partial charge on any atom is 0.146 e. The summed E-state index contributed by atoms with van der Waals surface area (Å²) in [5.74, 6) is 0.361. The van der Waals surface area contributed by atoms with Crippen LogP contribution < -0.4 is 10.5 Å². The first-order valence-electron chi connectivity index (χ1n) is 5.19. The molecule has 0 amide bonds. The summed E-state index contributed by atoms with van der Waals surface area (Å²) in [6.07, 6.45) is 0. The molecule has 0 aromatic heterocycles. The summed E-state index contributed by atoms with van der Waals surface area (Å²) in [7, 11) is 0. The predicted octanol–water partition coefficient (Wildman–Crippen LogP) is 4.56. The molecule has 2 nitrogen and oxygen atoms in total. The molecule has 0 fully saturated rings. The van der Waals surface area contributed by atoms with Crippen molar-refractivity contribution < 1.29 is 9.13 Å². The van der Waals surface area contributed by atoms with Crippen LogP contribution in [0, 0.1) is 5.82 Å². The first kappa shape index (κ1) is 14.1. The fourth-order valence-electron chi connectivity index (χ4n) is 1.44. The predicted molar refractivity (Wildman–Crippen MR) is 78.8 cm³/mol. The van der Waals surface area contributed by atoms with Gasteiger partial charge in [-0.25, -0.2) is 4.39 Å². The molecule has 0 unspecified atom stereocenters. The highest BCUT2D eigenvalue weighted by Gasteiger charge is 2.08. The molecule has 0 aliphatic carbocycles. The van der Waals surface area contributed by atoms with Gasteiger partial charge in [0.1, 0.15) is 22.3 Å². The summed E-state index contributed by atoms with van der Waals surface area (Å²) in [5.41, 5.74) is 6.07. The van der Waals surface area contributed by atoms with E-state index in [-0.39, 0.29) is 10.0 Å². The van der Waals surface area contributed by atoms with E-state index in [1.54, 1.807) is 18.2 Å². The van der Waals surface area contributed by atoms with Crippen LogP contribution in [-0.2, 0) is 0 Å². The summed E-state index contributed by atoms with van der Waals surface area (Å²) < 4.78 is 18.4. The van der Waals surface area contributed by atoms with E-state index in [4.69, 9.17) is 45.9 Å². The van der Waals surface area contributed by atoms with E-state index in [0.29, 0.717) is 22.1 Å². The Balaban J connectivity index is 2.29. The van der Waals surface area contributed by atoms with Gasteiger partial charge in [0, 0.05) is 11.6 Å². The van der Waals surface area contributed by atoms with Gasteiger partial charge >= 0.3 is 0 Å². The molecule has 2 rings (SSSR count). The van der Waals surface area contributed by atoms with Gasteiger partial charge in [-0.2, -0.15) is 0 Å². The molecule has 6 heteroatoms. The van der Waals surface area contributed by atoms with Gasteiger partial charge in [0.25, 0.3) is 0 Å². The highest BCUT2D eigenvalue weighted by Crippen LogP contribution is 2.31. The maximum absolute atomic E-state index is 12.9. The largest absolute Gasteiger partial charge is 0.456 e. The average Bonchev–Trinajstić information content (AvgIpc) is 2.32. The molecular weight excluding hydrogens is 308 g/mol. The Kier molecular flexibility index (Phi) is 4.24. The first-order chi connectivity index (χ1) is 8.97. The number of nitrogens with two attached hydrogens (primary N) is 1. The summed E-state index contributed by atoms with van der Waals surface area (Å²) in [5, 5.41) is 0.553. The summed E-state index contributed by atoms with van der Waals surface area (Å²) in [4.78, 5) is 0.205. The third kappa shape index (κ3) is 3.35. The maximum atomic E-state index is 12.9. The van der Waals surface area contributed by atoms with Crippen molar-refractivity contribution in [3.8, 4) is 11.5 Å². The lowest BCUT2D eigenvalue weighted by molar-refractivity contribution is 0.481. The molecular formula is C13H8Cl2FNOS. The minimum absolute atomic E-state index is 0.176. The first-order valence-corrected chi connectivity index (χ1v) is 6.36. The molecule has 0 saturated carbocycles. The second-order valence-corrected chi connectivity index (χ2v) is 4.94. The number of hydrogen-bond acceptors (Lipinski definition) is 2. The molecule has 0 aliphatic rings. The molecule has 0 bridgehead atoms. The Labute approximate surface area is 124 Å². The van der Waals surface area contributed by atoms with Crippen LogP contribution in [0.15, 0.2) is 36.4 Å². The van der Waals surface area contributed by atoms with Gasteiger partial charge in [0.05, 0.1) is 10.0 Å². The number of thiocarbonyl (C=S) groups is 1. The van der Waals surface area contributed by atoms with Gasteiger partial charge in [-0.05, 0) is 30.3 Å². The number of rotatable bonds is 3. The average molecular weight is 316 g/mol. The molecule has 0 saturated heterocycles. The molecule has 2 aromatic carbocycles. The van der Waals surface area contributed by atoms with E-state index < -0.39 is 5.82 Å². The smallest absolute Gasteiger partial charge is 0.146 e. The third-order valence-electron chi connectivity index (χ3n) is 2.33. The number of hydrogen-bond donors (Lipinski definition) is 1. The molecule has 0 radical (unpaired) electrons. The second kappa shape index (κ2) is 5.74. The molecule has 98 valence electrons. The van der Waals surface area contributed by atoms with Crippen molar-refractivity contribution in [2.24, 2.45) is 5.73 Å². The zero-order valence-corrected chi connectivity index (χ0v) is 11.8. The Hall–Kier alpha value is -1.36. The van der Waals surface area contributed by atoms with Crippen LogP contribution in [0.3, 0.4) is 0 Å². The van der Waals surface area contributed by atoms with Crippen LogP contribution in [0.5, 0.6) is 11.5 Å². The minimum Gasteiger partial charge on any atom is -0.456 e. The SMILES string of the molecule is NC(=S)c1ccc(Oc2ccc(F)cc2Cl)cc1Cl. The van der Waals surface area contributed by atoms with E-state index >= 15 is 0 Å². The van der Waals surface area contributed by atoms with E-state index in [2.05, 4.69) is 0 Å². The molecule has 19 heavy (non-hydrogen) atoms. The van der Waals surface area contributed by atoms with Crippen molar-refractivity contribution in [3.05, 3.63) is 57.8 Å². The lowest BCUT2D eigenvalue weighted by Gasteiger charge is -2.09. The molecule has 0 heterocycles. The summed E-state index contributed by atoms with van der Waals surface area (Å²) >= 11 is 16.7. The highest BCUT2D eigenvalue weighted by atomic mass is 35.5. The molecule has 0 spiro atoms. The van der Waals surface area contributed by atoms with Crippen molar-refractivity contribution in [2.75, 3.05) is 0 Å². The summed E-state index contributed by atoms with van der Waals surface area (Å²) in [6.45, 7) is 0. The number of halogens is 3. The topological polar surface area (TPSA) is 35.2 Å². The standard InChI is InChI=1S/C13H8Cl2FNOS/c14-10-6-8(2-3-9(10)13(17)19)18-12-4-1-7(16)5-11(12)15/h1-6H,(H2,17,19). The quantitative estimate of drug-likeness (QED) is 0.843. The lowest BCUT2D eigenvalue weighted by Crippen LogP contribution is -2.09. The van der Waals surface area contributed by atoms with Crippen LogP contribution >= 0.6 is 35.4 Å². The normalized spacial score (nSPS) is 10.3. The van der Waals surface area contributed by atoms with Crippen molar-refractivity contribution in [2.45, 2.75) is 0 Å². The number of benzene rings is 2. The molecule has 0 aliphatic heterocycles. The van der Waals surface area contributed by atoms with Gasteiger partial charge in [-0.15, -0.1) is 0 Å². The van der Waals surface area contributed by atoms with Crippen LogP contribution in [0.4, 0.5) is 4.39 Å². The van der Waals surface area contributed by atoms with Crippen molar-refractivity contribution in [1.29, 1.82) is 0 Å². The minimum atomic E-state index is -0.431. The van der Waals surface area contributed by atoms with Crippen molar-refractivity contribution in [3.63, 3.8) is 0 Å². The van der Waals surface area contributed by atoms with Crippen LogP contribution in [-0.4, -0.2) is 4.99 Å². The van der Waals surface area contributed by atoms with Crippen molar-refractivity contribution >= 4 is 40.4 Å². The summed E-state index contributed by atoms with van der Waals surface area (Å²) in [6, 6.07) is 8.73. The zero-order chi connectivity index (χ0) is 14.0. The molecule has 2 N–H and O–H groups in total. The van der Waals surface area contributed by atoms with Crippen LogP contribution in [0.25, 0.3) is 0 Å². The van der Waals surface area contributed by atoms with E-state index in [1.807, 2.05) is 0 Å². The van der Waals surface area contributed by atoms with Crippen molar-refractivity contribution in [1.82, 2.24) is 0 Å². The Morgan fingerprint density at radius 3 is 2.42 bits per heavy atom. The monoisotopic (exact) mass is 315 g/mol. The Morgan fingerprint density at radius 2 is 1.84 bits per heavy atom. The van der Waals surface area contributed by atoms with Gasteiger partial charge in [-0.3, -0.25) is 0 Å². The van der Waals surface area contributed by atoms with Crippen LogP contribution in [0.2, 0.25) is 10.0 Å². The highest BCUT2D eigenvalue weighted by molar-refractivity contribution is 7.80. The fourth-order valence-corrected chi connectivity index (χ4v) is 2.16.